The fraction of sp³-hybridized carbons (Fsp3) is 0.400. The van der Waals surface area contributed by atoms with Gasteiger partial charge >= 0.3 is 0 Å². The number of rotatable bonds is 13. The molecule has 0 aliphatic heterocycles. The van der Waals surface area contributed by atoms with Crippen molar-refractivity contribution in [3.63, 3.8) is 0 Å². The van der Waals surface area contributed by atoms with E-state index in [4.69, 9.17) is 4.74 Å². The summed E-state index contributed by atoms with van der Waals surface area (Å²) in [5, 5.41) is 0. The molecule has 0 N–H and O–H groups in total. The Morgan fingerprint density at radius 1 is 0.964 bits per heavy atom. The van der Waals surface area contributed by atoms with Crippen LogP contribution in [0.1, 0.15) is 68.3 Å². The van der Waals surface area contributed by atoms with E-state index in [1.807, 2.05) is 66.4 Å². The molecule has 150 valence electrons. The molecule has 2 nitrogen and oxygen atoms in total. The fourth-order valence-electron chi connectivity index (χ4n) is 2.81. The Morgan fingerprint density at radius 3 is 2.50 bits per heavy atom. The molecule has 0 aromatic heterocycles. The van der Waals surface area contributed by atoms with Gasteiger partial charge in [0.05, 0.1) is 6.61 Å². The molecular formula is C25H32O2S. The SMILES string of the molecule is CCCCCCCOc1cccc(C=CC(=O)c2ccc(SCCC)cc2)c1. The highest BCUT2D eigenvalue weighted by molar-refractivity contribution is 7.99. The van der Waals surface area contributed by atoms with Gasteiger partial charge in [-0.2, -0.15) is 0 Å². The van der Waals surface area contributed by atoms with Crippen LogP contribution in [-0.2, 0) is 0 Å². The molecular weight excluding hydrogens is 364 g/mol. The number of benzene rings is 2. The first-order valence-corrected chi connectivity index (χ1v) is 11.4. The Hall–Kier alpha value is -2.00. The highest BCUT2D eigenvalue weighted by Crippen LogP contribution is 2.20. The first-order valence-electron chi connectivity index (χ1n) is 10.4. The molecule has 3 heteroatoms. The average molecular weight is 397 g/mol. The third kappa shape index (κ3) is 8.35. The molecule has 2 aromatic rings. The first-order chi connectivity index (χ1) is 13.7. The van der Waals surface area contributed by atoms with Gasteiger partial charge < -0.3 is 4.74 Å². The molecule has 0 unspecified atom stereocenters. The van der Waals surface area contributed by atoms with Crippen LogP contribution in [0, 0.1) is 0 Å². The van der Waals surface area contributed by atoms with Crippen molar-refractivity contribution in [3.8, 4) is 5.75 Å². The Kier molecular flexibility index (Phi) is 10.5. The molecule has 0 saturated heterocycles. The van der Waals surface area contributed by atoms with Crippen molar-refractivity contribution < 1.29 is 9.53 Å². The summed E-state index contributed by atoms with van der Waals surface area (Å²) < 4.78 is 5.84. The summed E-state index contributed by atoms with van der Waals surface area (Å²) in [5.74, 6) is 1.99. The third-order valence-corrected chi connectivity index (χ3v) is 5.63. The van der Waals surface area contributed by atoms with Crippen molar-refractivity contribution in [1.82, 2.24) is 0 Å². The van der Waals surface area contributed by atoms with Gasteiger partial charge in [0, 0.05) is 10.5 Å². The van der Waals surface area contributed by atoms with Crippen molar-refractivity contribution in [3.05, 3.63) is 65.7 Å². The van der Waals surface area contributed by atoms with Crippen LogP contribution in [-0.4, -0.2) is 18.1 Å². The lowest BCUT2D eigenvalue weighted by Crippen LogP contribution is -1.97. The Labute approximate surface area is 174 Å². The van der Waals surface area contributed by atoms with E-state index in [1.54, 1.807) is 6.08 Å². The maximum absolute atomic E-state index is 12.4. The molecule has 0 aliphatic carbocycles. The molecule has 0 aliphatic rings. The smallest absolute Gasteiger partial charge is 0.185 e. The van der Waals surface area contributed by atoms with E-state index in [0.29, 0.717) is 0 Å². The minimum atomic E-state index is 0.0225. The highest BCUT2D eigenvalue weighted by Gasteiger charge is 2.02. The van der Waals surface area contributed by atoms with Gasteiger partial charge in [-0.05, 0) is 66.6 Å². The van der Waals surface area contributed by atoms with E-state index < -0.39 is 0 Å². The number of ketones is 1. The number of ether oxygens (including phenoxy) is 1. The van der Waals surface area contributed by atoms with Crippen molar-refractivity contribution in [2.75, 3.05) is 12.4 Å². The van der Waals surface area contributed by atoms with Crippen LogP contribution in [0.2, 0.25) is 0 Å². The van der Waals surface area contributed by atoms with Crippen molar-refractivity contribution in [1.29, 1.82) is 0 Å². The molecule has 0 radical (unpaired) electrons. The molecule has 0 spiro atoms. The summed E-state index contributed by atoms with van der Waals surface area (Å²) in [4.78, 5) is 13.6. The van der Waals surface area contributed by atoms with Gasteiger partial charge in [-0.25, -0.2) is 0 Å². The van der Waals surface area contributed by atoms with Gasteiger partial charge in [0.2, 0.25) is 0 Å². The molecule has 0 heterocycles. The van der Waals surface area contributed by atoms with Gasteiger partial charge in [-0.15, -0.1) is 11.8 Å². The normalized spacial score (nSPS) is 11.1. The zero-order valence-electron chi connectivity index (χ0n) is 17.2. The number of allylic oxidation sites excluding steroid dienone is 1. The summed E-state index contributed by atoms with van der Waals surface area (Å²) >= 11 is 1.82. The molecule has 0 fully saturated rings. The average Bonchev–Trinajstić information content (AvgIpc) is 2.73. The van der Waals surface area contributed by atoms with E-state index in [9.17, 15) is 4.79 Å². The lowest BCUT2D eigenvalue weighted by Gasteiger charge is -2.06. The standard InChI is InChI=1S/C25H32O2S/c1-3-5-6-7-8-18-27-23-11-9-10-21(20-23)12-17-25(26)22-13-15-24(16-14-22)28-19-4-2/h9-17,20H,3-8,18-19H2,1-2H3. The molecule has 2 rings (SSSR count). The number of carbonyl (C=O) groups excluding carboxylic acids is 1. The second-order valence-corrected chi connectivity index (χ2v) is 8.07. The molecule has 0 saturated carbocycles. The van der Waals surface area contributed by atoms with Gasteiger partial charge in [0.1, 0.15) is 5.75 Å². The van der Waals surface area contributed by atoms with E-state index in [1.165, 1.54) is 30.6 Å². The van der Waals surface area contributed by atoms with Gasteiger partial charge in [-0.3, -0.25) is 4.79 Å². The largest absolute Gasteiger partial charge is 0.494 e. The van der Waals surface area contributed by atoms with Crippen LogP contribution >= 0.6 is 11.8 Å². The Morgan fingerprint density at radius 2 is 1.75 bits per heavy atom. The predicted octanol–water partition coefficient (Wildman–Crippen LogP) is 7.43. The van der Waals surface area contributed by atoms with E-state index in [2.05, 4.69) is 13.8 Å². The summed E-state index contributed by atoms with van der Waals surface area (Å²) in [5.41, 5.74) is 1.70. The maximum Gasteiger partial charge on any atom is 0.185 e. The van der Waals surface area contributed by atoms with Crippen molar-refractivity contribution in [2.24, 2.45) is 0 Å². The number of hydrogen-bond donors (Lipinski definition) is 0. The molecule has 28 heavy (non-hydrogen) atoms. The number of carbonyl (C=O) groups is 1. The highest BCUT2D eigenvalue weighted by atomic mass is 32.2. The molecule has 2 aromatic carbocycles. The first kappa shape index (κ1) is 22.3. The minimum Gasteiger partial charge on any atom is -0.494 e. The van der Waals surface area contributed by atoms with Crippen LogP contribution in [0.5, 0.6) is 5.75 Å². The second-order valence-electron chi connectivity index (χ2n) is 6.91. The lowest BCUT2D eigenvalue weighted by molar-refractivity contribution is 0.104. The molecule has 0 atom stereocenters. The zero-order chi connectivity index (χ0) is 20.0. The van der Waals surface area contributed by atoms with E-state index in [0.717, 1.165) is 42.1 Å². The van der Waals surface area contributed by atoms with Crippen molar-refractivity contribution in [2.45, 2.75) is 57.3 Å². The molecule has 0 bridgehead atoms. The minimum absolute atomic E-state index is 0.0225. The Balaban J connectivity index is 1.84. The van der Waals surface area contributed by atoms with Crippen molar-refractivity contribution >= 4 is 23.6 Å². The van der Waals surface area contributed by atoms with Crippen LogP contribution in [0.4, 0.5) is 0 Å². The summed E-state index contributed by atoms with van der Waals surface area (Å²) in [6.07, 6.45) is 10.8. The number of unbranched alkanes of at least 4 members (excludes halogenated alkanes) is 4. The Bertz CT molecular complexity index is 734. The van der Waals surface area contributed by atoms with E-state index in [-0.39, 0.29) is 5.78 Å². The fourth-order valence-corrected chi connectivity index (χ4v) is 3.58. The zero-order valence-corrected chi connectivity index (χ0v) is 18.0. The predicted molar refractivity (Wildman–Crippen MR) is 122 cm³/mol. The summed E-state index contributed by atoms with van der Waals surface area (Å²) in [7, 11) is 0. The lowest BCUT2D eigenvalue weighted by atomic mass is 10.1. The van der Waals surface area contributed by atoms with Gasteiger partial charge in [0.15, 0.2) is 5.78 Å². The topological polar surface area (TPSA) is 26.3 Å². The number of thioether (sulfide) groups is 1. The summed E-state index contributed by atoms with van der Waals surface area (Å²) in [6.45, 7) is 5.14. The van der Waals surface area contributed by atoms with Crippen LogP contribution in [0.25, 0.3) is 6.08 Å². The number of hydrogen-bond acceptors (Lipinski definition) is 3. The van der Waals surface area contributed by atoms with Crippen LogP contribution in [0.15, 0.2) is 59.5 Å². The van der Waals surface area contributed by atoms with Crippen LogP contribution < -0.4 is 4.74 Å². The quantitative estimate of drug-likeness (QED) is 0.152. The third-order valence-electron chi connectivity index (χ3n) is 4.41. The van der Waals surface area contributed by atoms with Gasteiger partial charge in [0.25, 0.3) is 0 Å². The second kappa shape index (κ2) is 13.2. The van der Waals surface area contributed by atoms with Gasteiger partial charge in [-0.1, -0.05) is 57.7 Å². The summed E-state index contributed by atoms with van der Waals surface area (Å²) in [6, 6.07) is 15.8. The molecule has 0 amide bonds. The monoisotopic (exact) mass is 396 g/mol. The van der Waals surface area contributed by atoms with E-state index >= 15 is 0 Å². The maximum atomic E-state index is 12.4. The van der Waals surface area contributed by atoms with Crippen LogP contribution in [0.3, 0.4) is 0 Å².